The zero-order valence-electron chi connectivity index (χ0n) is 16.5. The van der Waals surface area contributed by atoms with Crippen molar-refractivity contribution < 1.29 is 50.0 Å². The van der Waals surface area contributed by atoms with Crippen LogP contribution in [0.5, 0.6) is 0 Å². The first-order valence-electron chi connectivity index (χ1n) is 9.81. The van der Waals surface area contributed by atoms with Crippen LogP contribution in [0.15, 0.2) is 0 Å². The van der Waals surface area contributed by atoms with E-state index in [9.17, 15) is 35.4 Å². The highest BCUT2D eigenvalue weighted by atomic mass is 16.6. The minimum Gasteiger partial charge on any atom is -0.396 e. The van der Waals surface area contributed by atoms with Crippen LogP contribution in [0.25, 0.3) is 0 Å². The van der Waals surface area contributed by atoms with Gasteiger partial charge in [0, 0.05) is 12.5 Å². The lowest BCUT2D eigenvalue weighted by atomic mass is 9.80. The molecule has 1 saturated heterocycles. The molecule has 1 aliphatic carbocycles. The normalized spacial score (nSPS) is 43.4. The van der Waals surface area contributed by atoms with Gasteiger partial charge in [0.2, 0.25) is 5.91 Å². The molecule has 1 aliphatic heterocycles. The molecule has 0 radical (unpaired) electrons. The first kappa shape index (κ1) is 24.4. The Hall–Kier alpha value is -0.890. The lowest BCUT2D eigenvalue weighted by Crippen LogP contribution is -2.68. The third-order valence-corrected chi connectivity index (χ3v) is 5.73. The van der Waals surface area contributed by atoms with Gasteiger partial charge < -0.3 is 50.5 Å². The summed E-state index contributed by atoms with van der Waals surface area (Å²) < 4.78 is 11.6. The predicted molar refractivity (Wildman–Crippen MR) is 97.5 cm³/mol. The summed E-state index contributed by atoms with van der Waals surface area (Å²) in [6.45, 7) is 1.86. The van der Waals surface area contributed by atoms with Gasteiger partial charge >= 0.3 is 0 Å². The molecule has 29 heavy (non-hydrogen) atoms. The number of aliphatic hydroxyl groups is 7. The van der Waals surface area contributed by atoms with Crippen molar-refractivity contribution in [3.63, 3.8) is 0 Å². The first-order valence-corrected chi connectivity index (χ1v) is 9.81. The number of hydrogen-bond donors (Lipinski definition) is 8. The largest absolute Gasteiger partial charge is 0.396 e. The zero-order valence-corrected chi connectivity index (χ0v) is 16.5. The summed E-state index contributed by atoms with van der Waals surface area (Å²) in [5, 5.41) is 71.8. The predicted octanol–water partition coefficient (Wildman–Crippen LogP) is -3.91. The second-order valence-electron chi connectivity index (χ2n) is 8.10. The van der Waals surface area contributed by atoms with Gasteiger partial charge in [-0.3, -0.25) is 4.79 Å². The van der Waals surface area contributed by atoms with Crippen LogP contribution in [0.4, 0.5) is 0 Å². The quantitative estimate of drug-likeness (QED) is 0.201. The SMILES string of the molecule is CC(C)C1OC(CO)C(O)C(OC2CC(CO)C(O)C(O)C2O)C1NC(=O)CO. The molecule has 2 aliphatic rings. The summed E-state index contributed by atoms with van der Waals surface area (Å²) in [5.74, 6) is -1.64. The number of ether oxygens (including phenoxy) is 2. The topological polar surface area (TPSA) is 189 Å². The Kier molecular flexibility index (Phi) is 8.76. The van der Waals surface area contributed by atoms with E-state index in [1.165, 1.54) is 0 Å². The fourth-order valence-electron chi connectivity index (χ4n) is 4.06. The number of carbonyl (C=O) groups is 1. The van der Waals surface area contributed by atoms with Gasteiger partial charge in [0.25, 0.3) is 0 Å². The minimum absolute atomic E-state index is 0.00320. The smallest absolute Gasteiger partial charge is 0.246 e. The Morgan fingerprint density at radius 1 is 1.03 bits per heavy atom. The van der Waals surface area contributed by atoms with Gasteiger partial charge in [0.1, 0.15) is 37.1 Å². The summed E-state index contributed by atoms with van der Waals surface area (Å²) in [7, 11) is 0. The number of nitrogens with one attached hydrogen (secondary N) is 1. The molecule has 1 heterocycles. The fourth-order valence-corrected chi connectivity index (χ4v) is 4.06. The Labute approximate surface area is 168 Å². The van der Waals surface area contributed by atoms with E-state index >= 15 is 0 Å². The van der Waals surface area contributed by atoms with E-state index in [1.807, 2.05) is 13.8 Å². The second kappa shape index (κ2) is 10.4. The molecule has 1 amide bonds. The number of hydrogen-bond acceptors (Lipinski definition) is 10. The van der Waals surface area contributed by atoms with Crippen LogP contribution in [-0.4, -0.2) is 116 Å². The third kappa shape index (κ3) is 5.24. The van der Waals surface area contributed by atoms with Gasteiger partial charge in [-0.25, -0.2) is 0 Å². The molecule has 11 heteroatoms. The molecule has 0 spiro atoms. The zero-order chi connectivity index (χ0) is 21.9. The van der Waals surface area contributed by atoms with Crippen molar-refractivity contribution >= 4 is 5.91 Å². The molecule has 0 bridgehead atoms. The lowest BCUT2D eigenvalue weighted by Gasteiger charge is -2.49. The number of aliphatic hydroxyl groups excluding tert-OH is 7. The molecule has 0 aromatic heterocycles. The average molecular weight is 423 g/mol. The number of rotatable bonds is 7. The molecular weight excluding hydrogens is 390 g/mol. The standard InChI is InChI=1S/C18H33NO10/c1-7(2)17-12(19-11(23)6-22)18(15(26)10(5-21)29-17)28-9-3-8(4-20)13(24)16(27)14(9)25/h7-10,12-18,20-22,24-27H,3-6H2,1-2H3,(H,19,23). The van der Waals surface area contributed by atoms with Gasteiger partial charge in [-0.05, 0) is 12.3 Å². The monoisotopic (exact) mass is 423 g/mol. The van der Waals surface area contributed by atoms with E-state index in [4.69, 9.17) is 14.6 Å². The molecule has 2 rings (SSSR count). The van der Waals surface area contributed by atoms with Crippen molar-refractivity contribution in [2.45, 2.75) is 75.1 Å². The highest BCUT2D eigenvalue weighted by molar-refractivity contribution is 5.77. The molecule has 0 aromatic carbocycles. The van der Waals surface area contributed by atoms with Crippen LogP contribution in [0.1, 0.15) is 20.3 Å². The van der Waals surface area contributed by atoms with Gasteiger partial charge in [-0.1, -0.05) is 13.8 Å². The molecule has 1 saturated carbocycles. The second-order valence-corrected chi connectivity index (χ2v) is 8.10. The number of carbonyl (C=O) groups excluding carboxylic acids is 1. The summed E-state index contributed by atoms with van der Waals surface area (Å²) in [4.78, 5) is 11.8. The maximum atomic E-state index is 11.8. The minimum atomic E-state index is -1.57. The van der Waals surface area contributed by atoms with Crippen molar-refractivity contribution in [2.75, 3.05) is 19.8 Å². The molecule has 170 valence electrons. The van der Waals surface area contributed by atoms with Gasteiger partial charge in [-0.15, -0.1) is 0 Å². The molecule has 11 nitrogen and oxygen atoms in total. The van der Waals surface area contributed by atoms with Crippen molar-refractivity contribution in [3.05, 3.63) is 0 Å². The maximum absolute atomic E-state index is 11.8. The van der Waals surface area contributed by atoms with Crippen LogP contribution < -0.4 is 5.32 Å². The lowest BCUT2D eigenvalue weighted by molar-refractivity contribution is -0.253. The van der Waals surface area contributed by atoms with Crippen LogP contribution in [0, 0.1) is 11.8 Å². The van der Waals surface area contributed by atoms with Crippen molar-refractivity contribution in [3.8, 4) is 0 Å². The summed E-state index contributed by atoms with van der Waals surface area (Å²) in [5.41, 5.74) is 0. The molecule has 0 aromatic rings. The van der Waals surface area contributed by atoms with E-state index in [1.54, 1.807) is 0 Å². The van der Waals surface area contributed by atoms with E-state index in [2.05, 4.69) is 5.32 Å². The van der Waals surface area contributed by atoms with Gasteiger partial charge in [0.15, 0.2) is 0 Å². The van der Waals surface area contributed by atoms with Crippen LogP contribution in [-0.2, 0) is 14.3 Å². The van der Waals surface area contributed by atoms with Gasteiger partial charge in [-0.2, -0.15) is 0 Å². The van der Waals surface area contributed by atoms with E-state index in [0.29, 0.717) is 0 Å². The molecular formula is C18H33NO10. The number of amides is 1. The van der Waals surface area contributed by atoms with Crippen LogP contribution in [0.3, 0.4) is 0 Å². The van der Waals surface area contributed by atoms with Crippen molar-refractivity contribution in [1.29, 1.82) is 0 Å². The van der Waals surface area contributed by atoms with E-state index in [0.717, 1.165) is 0 Å². The fraction of sp³-hybridized carbons (Fsp3) is 0.944. The Morgan fingerprint density at radius 2 is 1.69 bits per heavy atom. The molecule has 2 fully saturated rings. The molecule has 8 N–H and O–H groups in total. The highest BCUT2D eigenvalue weighted by Crippen LogP contribution is 2.33. The molecule has 10 unspecified atom stereocenters. The van der Waals surface area contributed by atoms with Crippen molar-refractivity contribution in [1.82, 2.24) is 5.32 Å². The molecule has 10 atom stereocenters. The average Bonchev–Trinajstić information content (AvgIpc) is 2.70. The third-order valence-electron chi connectivity index (χ3n) is 5.73. The Morgan fingerprint density at radius 3 is 2.21 bits per heavy atom. The summed E-state index contributed by atoms with van der Waals surface area (Å²) >= 11 is 0. The summed E-state index contributed by atoms with van der Waals surface area (Å²) in [6.07, 6.45) is -9.70. The van der Waals surface area contributed by atoms with E-state index < -0.39 is 86.5 Å². The summed E-state index contributed by atoms with van der Waals surface area (Å²) in [6, 6.07) is -0.920. The van der Waals surface area contributed by atoms with Crippen LogP contribution >= 0.6 is 0 Å². The Balaban J connectivity index is 2.31. The van der Waals surface area contributed by atoms with Crippen molar-refractivity contribution in [2.24, 2.45) is 11.8 Å². The Bertz CT molecular complexity index is 533. The first-order chi connectivity index (χ1) is 13.7. The maximum Gasteiger partial charge on any atom is 0.246 e. The highest BCUT2D eigenvalue weighted by Gasteiger charge is 2.51. The van der Waals surface area contributed by atoms with Crippen LogP contribution in [0.2, 0.25) is 0 Å². The van der Waals surface area contributed by atoms with Gasteiger partial charge in [0.05, 0.1) is 31.0 Å². The van der Waals surface area contributed by atoms with E-state index in [-0.39, 0.29) is 12.3 Å².